The number of hydrogen-bond acceptors (Lipinski definition) is 0. The number of aryl methyl sites for hydroxylation is 2. The van der Waals surface area contributed by atoms with Crippen LogP contribution in [0.4, 0.5) is 0 Å². The van der Waals surface area contributed by atoms with Crippen molar-refractivity contribution in [1.29, 1.82) is 0 Å². The van der Waals surface area contributed by atoms with Crippen molar-refractivity contribution in [3.8, 4) is 0 Å². The molecule has 0 saturated heterocycles. The molecule has 0 aliphatic heterocycles. The van der Waals surface area contributed by atoms with E-state index in [0.29, 0.717) is 5.88 Å². The van der Waals surface area contributed by atoms with Crippen LogP contribution in [-0.4, -0.2) is 4.98 Å². The highest BCUT2D eigenvalue weighted by Crippen LogP contribution is 2.25. The lowest BCUT2D eigenvalue weighted by Crippen LogP contribution is -1.88. The van der Waals surface area contributed by atoms with Gasteiger partial charge in [0.05, 0.1) is 0 Å². The van der Waals surface area contributed by atoms with Crippen molar-refractivity contribution < 1.29 is 0 Å². The maximum atomic E-state index is 5.91. The summed E-state index contributed by atoms with van der Waals surface area (Å²) in [4.78, 5) is 3.23. The van der Waals surface area contributed by atoms with Gasteiger partial charge in [-0.05, 0) is 36.6 Å². The molecule has 0 radical (unpaired) electrons. The number of benzene rings is 1. The molecule has 1 aromatic heterocycles. The second kappa shape index (κ2) is 3.08. The molecule has 0 atom stereocenters. The number of rotatable bonds is 1. The van der Waals surface area contributed by atoms with Gasteiger partial charge in [-0.2, -0.15) is 0 Å². The molecule has 0 aliphatic carbocycles. The van der Waals surface area contributed by atoms with Crippen LogP contribution in [0.2, 0.25) is 0 Å². The molecule has 2 rings (SSSR count). The van der Waals surface area contributed by atoms with E-state index in [9.17, 15) is 0 Å². The van der Waals surface area contributed by atoms with E-state index >= 15 is 0 Å². The van der Waals surface area contributed by atoms with E-state index in [-0.39, 0.29) is 0 Å². The molecular weight excluding hydrogens is 182 g/mol. The van der Waals surface area contributed by atoms with Crippen LogP contribution >= 0.6 is 11.6 Å². The van der Waals surface area contributed by atoms with Crippen LogP contribution in [0, 0.1) is 13.8 Å². The highest BCUT2D eigenvalue weighted by atomic mass is 35.5. The van der Waals surface area contributed by atoms with Gasteiger partial charge in [-0.1, -0.05) is 6.07 Å². The second-order valence-electron chi connectivity index (χ2n) is 3.39. The van der Waals surface area contributed by atoms with Crippen LogP contribution in [0.3, 0.4) is 0 Å². The summed E-state index contributed by atoms with van der Waals surface area (Å²) >= 11 is 5.91. The largest absolute Gasteiger partial charge is 0.361 e. The predicted octanol–water partition coefficient (Wildman–Crippen LogP) is 3.52. The van der Waals surface area contributed by atoms with Gasteiger partial charge in [0, 0.05) is 23.0 Å². The molecule has 0 aliphatic rings. The Balaban J connectivity index is 2.88. The van der Waals surface area contributed by atoms with Crippen molar-refractivity contribution in [2.75, 3.05) is 0 Å². The number of aromatic amines is 1. The number of aromatic nitrogens is 1. The lowest BCUT2D eigenvalue weighted by atomic mass is 10.0. The molecular formula is C11H12ClN. The van der Waals surface area contributed by atoms with Gasteiger partial charge in [0.2, 0.25) is 0 Å². The van der Waals surface area contributed by atoms with E-state index in [4.69, 9.17) is 11.6 Å². The molecule has 0 amide bonds. The Morgan fingerprint density at radius 3 is 2.77 bits per heavy atom. The van der Waals surface area contributed by atoms with Crippen molar-refractivity contribution >= 4 is 22.5 Å². The minimum absolute atomic E-state index is 0.584. The summed E-state index contributed by atoms with van der Waals surface area (Å²) < 4.78 is 0. The smallest absolute Gasteiger partial charge is 0.0487 e. The van der Waals surface area contributed by atoms with Crippen molar-refractivity contribution in [3.63, 3.8) is 0 Å². The number of fused-ring (bicyclic) bond motifs is 1. The summed E-state index contributed by atoms with van der Waals surface area (Å²) in [6, 6.07) is 4.27. The molecule has 0 bridgehead atoms. The third-order valence-electron chi connectivity index (χ3n) is 2.51. The average molecular weight is 194 g/mol. The van der Waals surface area contributed by atoms with Gasteiger partial charge in [0.25, 0.3) is 0 Å². The van der Waals surface area contributed by atoms with E-state index in [1.165, 1.54) is 27.6 Å². The first-order chi connectivity index (χ1) is 6.24. The second-order valence-corrected chi connectivity index (χ2v) is 3.66. The zero-order valence-electron chi connectivity index (χ0n) is 7.82. The van der Waals surface area contributed by atoms with Crippen LogP contribution in [-0.2, 0) is 5.88 Å². The Kier molecular flexibility index (Phi) is 2.04. The van der Waals surface area contributed by atoms with Crippen molar-refractivity contribution in [3.05, 3.63) is 35.0 Å². The molecule has 2 aromatic rings. The van der Waals surface area contributed by atoms with Gasteiger partial charge in [0.1, 0.15) is 0 Å². The number of halogens is 1. The lowest BCUT2D eigenvalue weighted by molar-refractivity contribution is 1.30. The molecule has 1 N–H and O–H groups in total. The molecule has 0 unspecified atom stereocenters. The van der Waals surface area contributed by atoms with Gasteiger partial charge >= 0.3 is 0 Å². The van der Waals surface area contributed by atoms with Gasteiger partial charge in [-0.25, -0.2) is 0 Å². The molecule has 0 spiro atoms. The summed E-state index contributed by atoms with van der Waals surface area (Å²) in [6.07, 6.45) is 1.97. The first kappa shape index (κ1) is 8.64. The molecule has 0 fully saturated rings. The van der Waals surface area contributed by atoms with E-state index in [1.807, 2.05) is 6.20 Å². The summed E-state index contributed by atoms with van der Waals surface area (Å²) in [7, 11) is 0. The van der Waals surface area contributed by atoms with E-state index < -0.39 is 0 Å². The number of nitrogens with one attached hydrogen (secondary N) is 1. The fourth-order valence-electron chi connectivity index (χ4n) is 1.82. The maximum absolute atomic E-state index is 5.91. The van der Waals surface area contributed by atoms with Crippen molar-refractivity contribution in [2.45, 2.75) is 19.7 Å². The maximum Gasteiger partial charge on any atom is 0.0487 e. The molecule has 2 heteroatoms. The Bertz CT molecular complexity index is 443. The highest BCUT2D eigenvalue weighted by Gasteiger charge is 2.06. The van der Waals surface area contributed by atoms with Crippen molar-refractivity contribution in [2.24, 2.45) is 0 Å². The zero-order valence-corrected chi connectivity index (χ0v) is 8.57. The van der Waals surface area contributed by atoms with Gasteiger partial charge in [-0.15, -0.1) is 11.6 Å². The fraction of sp³-hybridized carbons (Fsp3) is 0.273. The van der Waals surface area contributed by atoms with Crippen molar-refractivity contribution in [1.82, 2.24) is 4.98 Å². The normalized spacial score (nSPS) is 11.0. The quantitative estimate of drug-likeness (QED) is 0.667. The monoisotopic (exact) mass is 193 g/mol. The molecule has 1 heterocycles. The highest BCUT2D eigenvalue weighted by molar-refractivity contribution is 6.18. The minimum Gasteiger partial charge on any atom is -0.361 e. The predicted molar refractivity (Wildman–Crippen MR) is 57.3 cm³/mol. The number of hydrogen-bond donors (Lipinski definition) is 1. The van der Waals surface area contributed by atoms with Crippen LogP contribution in [0.1, 0.15) is 16.7 Å². The molecule has 1 aromatic carbocycles. The average Bonchev–Trinajstić information content (AvgIpc) is 2.53. The Morgan fingerprint density at radius 1 is 1.31 bits per heavy atom. The number of H-pyrrole nitrogens is 1. The topological polar surface area (TPSA) is 15.8 Å². The first-order valence-corrected chi connectivity index (χ1v) is 4.89. The standard InChI is InChI=1S/C11H12ClN/c1-7-5-8(2)11-9(3-4-13-11)10(7)6-12/h3-5,13H,6H2,1-2H3. The molecule has 0 saturated carbocycles. The Hall–Kier alpha value is -0.950. The summed E-state index contributed by atoms with van der Waals surface area (Å²) in [5.74, 6) is 0.584. The van der Waals surface area contributed by atoms with Crippen LogP contribution in [0.25, 0.3) is 10.9 Å². The summed E-state index contributed by atoms with van der Waals surface area (Å²) in [6.45, 7) is 4.22. The van der Waals surface area contributed by atoms with Gasteiger partial charge in [-0.3, -0.25) is 0 Å². The van der Waals surface area contributed by atoms with E-state index in [2.05, 4.69) is 31.0 Å². The van der Waals surface area contributed by atoms with Crippen LogP contribution < -0.4 is 0 Å². The number of alkyl halides is 1. The molecule has 1 nitrogen and oxygen atoms in total. The van der Waals surface area contributed by atoms with Crippen LogP contribution in [0.5, 0.6) is 0 Å². The fourth-order valence-corrected chi connectivity index (χ4v) is 2.18. The minimum atomic E-state index is 0.584. The van der Waals surface area contributed by atoms with E-state index in [0.717, 1.165) is 0 Å². The van der Waals surface area contributed by atoms with E-state index in [1.54, 1.807) is 0 Å². The molecule has 13 heavy (non-hydrogen) atoms. The SMILES string of the molecule is Cc1cc(C)c2[nH]ccc2c1CCl. The third-order valence-corrected chi connectivity index (χ3v) is 2.78. The molecule has 68 valence electrons. The Morgan fingerprint density at radius 2 is 2.08 bits per heavy atom. The zero-order chi connectivity index (χ0) is 9.42. The Labute approximate surface area is 82.7 Å². The summed E-state index contributed by atoms with van der Waals surface area (Å²) in [5.41, 5.74) is 5.01. The van der Waals surface area contributed by atoms with Crippen LogP contribution in [0.15, 0.2) is 18.3 Å². The third kappa shape index (κ3) is 1.24. The van der Waals surface area contributed by atoms with Gasteiger partial charge < -0.3 is 4.98 Å². The summed E-state index contributed by atoms with van der Waals surface area (Å²) in [5, 5.41) is 1.26. The van der Waals surface area contributed by atoms with Gasteiger partial charge in [0.15, 0.2) is 0 Å². The first-order valence-electron chi connectivity index (χ1n) is 4.36. The lowest BCUT2D eigenvalue weighted by Gasteiger charge is -2.06.